The minimum absolute atomic E-state index is 0.236. The summed E-state index contributed by atoms with van der Waals surface area (Å²) in [6.07, 6.45) is 0.711. The Labute approximate surface area is 87.7 Å². The van der Waals surface area contributed by atoms with E-state index in [1.54, 1.807) is 19.1 Å². The van der Waals surface area contributed by atoms with Gasteiger partial charge in [-0.2, -0.15) is 0 Å². The average molecular weight is 208 g/mol. The van der Waals surface area contributed by atoms with E-state index in [2.05, 4.69) is 0 Å². The second-order valence-electron chi connectivity index (χ2n) is 4.16. The lowest BCUT2D eigenvalue weighted by Crippen LogP contribution is -2.18. The minimum Gasteiger partial charge on any atom is -0.478 e. The van der Waals surface area contributed by atoms with Crippen molar-refractivity contribution in [1.29, 1.82) is 0 Å². The number of halogens is 1. The van der Waals surface area contributed by atoms with Gasteiger partial charge in [0.25, 0.3) is 0 Å². The molecular weight excluding hydrogens is 195 g/mol. The highest BCUT2D eigenvalue weighted by Crippen LogP contribution is 2.52. The lowest BCUT2D eigenvalue weighted by atomic mass is 9.90. The lowest BCUT2D eigenvalue weighted by molar-refractivity contribution is 0.0696. The Morgan fingerprint density at radius 1 is 1.53 bits per heavy atom. The molecule has 0 radical (unpaired) electrons. The topological polar surface area (TPSA) is 37.3 Å². The van der Waals surface area contributed by atoms with E-state index in [4.69, 9.17) is 5.11 Å². The summed E-state index contributed by atoms with van der Waals surface area (Å²) in [6.45, 7) is 1.54. The summed E-state index contributed by atoms with van der Waals surface area (Å²) in [5.74, 6) is -0.959. The zero-order valence-electron chi connectivity index (χ0n) is 8.53. The molecule has 1 aromatic rings. The van der Waals surface area contributed by atoms with Gasteiger partial charge in [0.2, 0.25) is 0 Å². The molecule has 2 nitrogen and oxygen atoms in total. The van der Waals surface area contributed by atoms with Crippen molar-refractivity contribution in [3.05, 3.63) is 35.4 Å². The third kappa shape index (κ3) is 1.62. The number of hydrogen-bond acceptors (Lipinski definition) is 1. The minimum atomic E-state index is -0.959. The molecule has 0 spiro atoms. The van der Waals surface area contributed by atoms with Crippen molar-refractivity contribution in [2.45, 2.75) is 31.4 Å². The number of carboxylic acid groups (broad SMARTS) is 1. The maximum Gasteiger partial charge on any atom is 0.335 e. The van der Waals surface area contributed by atoms with Gasteiger partial charge in [-0.3, -0.25) is 0 Å². The molecule has 80 valence electrons. The molecule has 1 aliphatic carbocycles. The first-order valence-corrected chi connectivity index (χ1v) is 5.04. The molecule has 0 amide bonds. The number of alkyl halides is 1. The van der Waals surface area contributed by atoms with Crippen LogP contribution in [0.3, 0.4) is 0 Å². The number of aromatic carboxylic acids is 1. The molecule has 1 saturated carbocycles. The van der Waals surface area contributed by atoms with Crippen LogP contribution in [0.4, 0.5) is 4.39 Å². The van der Waals surface area contributed by atoms with Crippen LogP contribution in [0, 0.1) is 0 Å². The van der Waals surface area contributed by atoms with Crippen LogP contribution in [0.5, 0.6) is 0 Å². The third-order valence-corrected chi connectivity index (χ3v) is 3.23. The number of carboxylic acids is 1. The first-order valence-electron chi connectivity index (χ1n) is 5.04. The fourth-order valence-corrected chi connectivity index (χ4v) is 2.01. The third-order valence-electron chi connectivity index (χ3n) is 3.23. The van der Waals surface area contributed by atoms with Gasteiger partial charge in [0.05, 0.1) is 5.56 Å². The molecule has 1 unspecified atom stereocenters. The van der Waals surface area contributed by atoms with E-state index in [1.807, 2.05) is 6.07 Å². The van der Waals surface area contributed by atoms with Crippen LogP contribution < -0.4 is 0 Å². The molecule has 1 fully saturated rings. The molecule has 1 aliphatic rings. The van der Waals surface area contributed by atoms with Gasteiger partial charge in [-0.05, 0) is 37.5 Å². The van der Waals surface area contributed by atoms with E-state index in [0.29, 0.717) is 0 Å². The summed E-state index contributed by atoms with van der Waals surface area (Å²) in [5.41, 5.74) is 0.641. The summed E-state index contributed by atoms with van der Waals surface area (Å²) < 4.78 is 13.4. The van der Waals surface area contributed by atoms with Crippen LogP contribution in [0.1, 0.15) is 35.7 Å². The predicted octanol–water partition coefficient (Wildman–Crippen LogP) is 2.77. The second-order valence-corrected chi connectivity index (χ2v) is 4.16. The summed E-state index contributed by atoms with van der Waals surface area (Å²) >= 11 is 0. The van der Waals surface area contributed by atoms with E-state index >= 15 is 0 Å². The Balaban J connectivity index is 2.37. The Morgan fingerprint density at radius 2 is 2.20 bits per heavy atom. The molecule has 1 atom stereocenters. The van der Waals surface area contributed by atoms with E-state index in [9.17, 15) is 9.18 Å². The fraction of sp³-hybridized carbons (Fsp3) is 0.417. The van der Waals surface area contributed by atoms with E-state index in [-0.39, 0.29) is 5.56 Å². The van der Waals surface area contributed by atoms with Crippen LogP contribution in [0.25, 0.3) is 0 Å². The molecule has 0 aliphatic heterocycles. The van der Waals surface area contributed by atoms with Crippen molar-refractivity contribution in [1.82, 2.24) is 0 Å². The molecule has 2 rings (SSSR count). The molecule has 0 bridgehead atoms. The molecular formula is C12H13FO2. The zero-order chi connectivity index (χ0) is 11.1. The smallest absolute Gasteiger partial charge is 0.335 e. The van der Waals surface area contributed by atoms with Crippen molar-refractivity contribution in [3.63, 3.8) is 0 Å². The van der Waals surface area contributed by atoms with E-state index in [0.717, 1.165) is 18.4 Å². The van der Waals surface area contributed by atoms with Gasteiger partial charge >= 0.3 is 5.97 Å². The molecule has 0 aromatic heterocycles. The monoisotopic (exact) mass is 208 g/mol. The Kier molecular flexibility index (Phi) is 2.25. The van der Waals surface area contributed by atoms with Gasteiger partial charge in [0.1, 0.15) is 6.17 Å². The predicted molar refractivity (Wildman–Crippen MR) is 54.9 cm³/mol. The quantitative estimate of drug-likeness (QED) is 0.829. The number of rotatable bonds is 3. The normalized spacial score (nSPS) is 19.6. The Hall–Kier alpha value is -1.38. The summed E-state index contributed by atoms with van der Waals surface area (Å²) in [5, 5.41) is 8.84. The summed E-state index contributed by atoms with van der Waals surface area (Å²) in [4.78, 5) is 10.8. The van der Waals surface area contributed by atoms with Crippen molar-refractivity contribution in [3.8, 4) is 0 Å². The summed E-state index contributed by atoms with van der Waals surface area (Å²) in [7, 11) is 0. The van der Waals surface area contributed by atoms with Crippen molar-refractivity contribution in [2.24, 2.45) is 0 Å². The number of carbonyl (C=O) groups is 1. The van der Waals surface area contributed by atoms with Gasteiger partial charge < -0.3 is 5.11 Å². The number of benzene rings is 1. The first-order chi connectivity index (χ1) is 7.06. The van der Waals surface area contributed by atoms with Gasteiger partial charge in [0, 0.05) is 5.41 Å². The van der Waals surface area contributed by atoms with Gasteiger partial charge in [-0.15, -0.1) is 0 Å². The Bertz CT molecular complexity index is 394. The zero-order valence-corrected chi connectivity index (χ0v) is 8.53. The highest BCUT2D eigenvalue weighted by Gasteiger charge is 2.49. The van der Waals surface area contributed by atoms with E-state index in [1.165, 1.54) is 6.07 Å². The van der Waals surface area contributed by atoms with Crippen LogP contribution >= 0.6 is 0 Å². The summed E-state index contributed by atoms with van der Waals surface area (Å²) in [6, 6.07) is 6.62. The highest BCUT2D eigenvalue weighted by atomic mass is 19.1. The van der Waals surface area contributed by atoms with Crippen LogP contribution in [-0.4, -0.2) is 17.2 Å². The lowest BCUT2D eigenvalue weighted by Gasteiger charge is -2.17. The van der Waals surface area contributed by atoms with E-state index < -0.39 is 17.6 Å². The van der Waals surface area contributed by atoms with Crippen LogP contribution in [-0.2, 0) is 5.41 Å². The fourth-order valence-electron chi connectivity index (χ4n) is 2.01. The molecule has 15 heavy (non-hydrogen) atoms. The standard InChI is InChI=1S/C12H13FO2/c1-8(13)12(5-6-12)10-4-2-3-9(7-10)11(14)15/h2-4,7-8H,5-6H2,1H3,(H,14,15). The SMILES string of the molecule is CC(F)C1(c2cccc(C(=O)O)c2)CC1. The largest absolute Gasteiger partial charge is 0.478 e. The Morgan fingerprint density at radius 3 is 2.67 bits per heavy atom. The van der Waals surface area contributed by atoms with Gasteiger partial charge in [-0.1, -0.05) is 12.1 Å². The van der Waals surface area contributed by atoms with Crippen LogP contribution in [0.2, 0.25) is 0 Å². The maximum atomic E-state index is 13.4. The molecule has 0 heterocycles. The van der Waals surface area contributed by atoms with Crippen molar-refractivity contribution >= 4 is 5.97 Å². The first kappa shape index (κ1) is 10.1. The average Bonchev–Trinajstić information content (AvgIpc) is 2.98. The molecule has 3 heteroatoms. The van der Waals surface area contributed by atoms with Crippen molar-refractivity contribution in [2.75, 3.05) is 0 Å². The number of hydrogen-bond donors (Lipinski definition) is 1. The highest BCUT2D eigenvalue weighted by molar-refractivity contribution is 5.87. The maximum absolute atomic E-state index is 13.4. The van der Waals surface area contributed by atoms with Crippen LogP contribution in [0.15, 0.2) is 24.3 Å². The molecule has 0 saturated heterocycles. The second kappa shape index (κ2) is 3.33. The molecule has 1 aromatic carbocycles. The van der Waals surface area contributed by atoms with Crippen molar-refractivity contribution < 1.29 is 14.3 Å². The molecule has 1 N–H and O–H groups in total. The van der Waals surface area contributed by atoms with Gasteiger partial charge in [0.15, 0.2) is 0 Å². The van der Waals surface area contributed by atoms with Gasteiger partial charge in [-0.25, -0.2) is 9.18 Å².